The second-order valence-electron chi connectivity index (χ2n) is 5.51. The zero-order chi connectivity index (χ0) is 17.8. The molecule has 0 spiro atoms. The topological polar surface area (TPSA) is 66.4 Å². The minimum absolute atomic E-state index is 0.147. The molecule has 2 aromatic heterocycles. The molecule has 1 aromatic carbocycles. The van der Waals surface area contributed by atoms with Crippen LogP contribution in [0.1, 0.15) is 27.7 Å². The Morgan fingerprint density at radius 2 is 1.88 bits per heavy atom. The molecule has 6 heteroatoms. The van der Waals surface area contributed by atoms with Gasteiger partial charge in [-0.25, -0.2) is 4.79 Å². The van der Waals surface area contributed by atoms with Crippen LogP contribution in [0, 0.1) is 0 Å². The van der Waals surface area contributed by atoms with E-state index in [1.165, 1.54) is 28.2 Å². The van der Waals surface area contributed by atoms with E-state index in [-0.39, 0.29) is 17.9 Å². The van der Waals surface area contributed by atoms with Gasteiger partial charge < -0.3 is 10.4 Å². The van der Waals surface area contributed by atoms with Gasteiger partial charge in [-0.2, -0.15) is 0 Å². The molecule has 2 N–H and O–H groups in total. The quantitative estimate of drug-likeness (QED) is 0.646. The molecule has 25 heavy (non-hydrogen) atoms. The summed E-state index contributed by atoms with van der Waals surface area (Å²) in [6.07, 6.45) is 1.18. The first kappa shape index (κ1) is 17.4. The van der Waals surface area contributed by atoms with Gasteiger partial charge in [0.15, 0.2) is 0 Å². The smallest absolute Gasteiger partial charge is 0.339 e. The van der Waals surface area contributed by atoms with Crippen molar-refractivity contribution in [2.75, 3.05) is 5.32 Å². The number of hydrogen-bond donors (Lipinski definition) is 2. The number of thiophene rings is 2. The van der Waals surface area contributed by atoms with Crippen molar-refractivity contribution < 1.29 is 14.7 Å². The first-order valence-corrected chi connectivity index (χ1v) is 9.60. The van der Waals surface area contributed by atoms with Crippen LogP contribution in [-0.2, 0) is 17.6 Å². The van der Waals surface area contributed by atoms with Gasteiger partial charge in [0, 0.05) is 15.8 Å². The molecule has 0 aliphatic rings. The number of carbonyl (C=O) groups excluding carboxylic acids is 1. The lowest BCUT2D eigenvalue weighted by Crippen LogP contribution is -2.15. The van der Waals surface area contributed by atoms with Gasteiger partial charge in [-0.1, -0.05) is 37.3 Å². The Labute approximate surface area is 153 Å². The number of nitrogens with one attached hydrogen (secondary N) is 1. The summed E-state index contributed by atoms with van der Waals surface area (Å²) in [5.74, 6) is -1.25. The monoisotopic (exact) mass is 371 g/mol. The lowest BCUT2D eigenvalue weighted by atomic mass is 10.0. The van der Waals surface area contributed by atoms with E-state index in [2.05, 4.69) is 12.2 Å². The molecule has 0 atom stereocenters. The molecule has 4 nitrogen and oxygen atoms in total. The Balaban J connectivity index is 1.86. The first-order valence-electron chi connectivity index (χ1n) is 7.84. The Morgan fingerprint density at radius 1 is 1.12 bits per heavy atom. The third-order valence-electron chi connectivity index (χ3n) is 3.85. The zero-order valence-electron chi connectivity index (χ0n) is 13.6. The number of aromatic carboxylic acids is 1. The fourth-order valence-electron chi connectivity index (χ4n) is 2.54. The molecular formula is C19H17NO3S2. The maximum atomic E-state index is 12.2. The van der Waals surface area contributed by atoms with E-state index in [4.69, 9.17) is 0 Å². The van der Waals surface area contributed by atoms with Gasteiger partial charge in [-0.15, -0.1) is 22.7 Å². The van der Waals surface area contributed by atoms with Crippen LogP contribution in [0.4, 0.5) is 5.00 Å². The summed E-state index contributed by atoms with van der Waals surface area (Å²) in [4.78, 5) is 24.9. The largest absolute Gasteiger partial charge is 0.478 e. The standard InChI is InChI=1S/C19H17NO3S2/c1-2-12-5-7-13(8-6-12)15-11-25-18(17(15)19(22)23)20-16(21)10-14-4-3-9-24-14/h3-9,11H,2,10H2,1H3,(H,20,21)(H,22,23). The lowest BCUT2D eigenvalue weighted by Gasteiger charge is -2.06. The molecule has 128 valence electrons. The van der Waals surface area contributed by atoms with Crippen molar-refractivity contribution in [3.63, 3.8) is 0 Å². The number of hydrogen-bond acceptors (Lipinski definition) is 4. The van der Waals surface area contributed by atoms with Gasteiger partial charge in [0.25, 0.3) is 0 Å². The van der Waals surface area contributed by atoms with E-state index in [0.29, 0.717) is 10.6 Å². The molecule has 0 aliphatic heterocycles. The number of carboxylic acid groups (broad SMARTS) is 1. The second-order valence-corrected chi connectivity index (χ2v) is 7.43. The van der Waals surface area contributed by atoms with Crippen molar-refractivity contribution in [1.82, 2.24) is 0 Å². The van der Waals surface area contributed by atoms with Crippen LogP contribution in [0.15, 0.2) is 47.2 Å². The van der Waals surface area contributed by atoms with E-state index in [0.717, 1.165) is 16.9 Å². The van der Waals surface area contributed by atoms with Crippen LogP contribution in [0.5, 0.6) is 0 Å². The average Bonchev–Trinajstić information content (AvgIpc) is 3.24. The SMILES string of the molecule is CCc1ccc(-c2csc(NC(=O)Cc3cccs3)c2C(=O)O)cc1. The molecule has 0 radical (unpaired) electrons. The molecule has 0 bridgehead atoms. The molecule has 0 saturated heterocycles. The summed E-state index contributed by atoms with van der Waals surface area (Å²) >= 11 is 2.74. The van der Waals surface area contributed by atoms with Crippen molar-refractivity contribution in [3.8, 4) is 11.1 Å². The minimum Gasteiger partial charge on any atom is -0.478 e. The van der Waals surface area contributed by atoms with E-state index in [1.54, 1.807) is 5.38 Å². The summed E-state index contributed by atoms with van der Waals surface area (Å²) in [5, 5.41) is 16.4. The maximum absolute atomic E-state index is 12.2. The molecule has 0 saturated carbocycles. The van der Waals surface area contributed by atoms with Crippen LogP contribution in [0.2, 0.25) is 0 Å². The van der Waals surface area contributed by atoms with E-state index in [9.17, 15) is 14.7 Å². The highest BCUT2D eigenvalue weighted by atomic mass is 32.1. The van der Waals surface area contributed by atoms with Gasteiger partial charge in [0.05, 0.1) is 6.42 Å². The summed E-state index contributed by atoms with van der Waals surface area (Å²) in [7, 11) is 0. The number of amides is 1. The van der Waals surface area contributed by atoms with Gasteiger partial charge in [-0.3, -0.25) is 4.79 Å². The highest BCUT2D eigenvalue weighted by molar-refractivity contribution is 7.15. The number of benzene rings is 1. The molecule has 0 fully saturated rings. The summed E-state index contributed by atoms with van der Waals surface area (Å²) in [5.41, 5.74) is 2.81. The highest BCUT2D eigenvalue weighted by Gasteiger charge is 2.21. The molecular weight excluding hydrogens is 354 g/mol. The summed E-state index contributed by atoms with van der Waals surface area (Å²) < 4.78 is 0. The van der Waals surface area contributed by atoms with Crippen LogP contribution in [0.25, 0.3) is 11.1 Å². The Bertz CT molecular complexity index is 880. The molecule has 1 amide bonds. The molecule has 0 aliphatic carbocycles. The first-order chi connectivity index (χ1) is 12.1. The summed E-state index contributed by atoms with van der Waals surface area (Å²) in [6.45, 7) is 2.07. The molecule has 3 aromatic rings. The predicted octanol–water partition coefficient (Wildman–Crippen LogP) is 4.92. The van der Waals surface area contributed by atoms with Crippen molar-refractivity contribution in [1.29, 1.82) is 0 Å². The van der Waals surface area contributed by atoms with Crippen LogP contribution >= 0.6 is 22.7 Å². The van der Waals surface area contributed by atoms with Crippen molar-refractivity contribution in [2.24, 2.45) is 0 Å². The van der Waals surface area contributed by atoms with Gasteiger partial charge >= 0.3 is 5.97 Å². The minimum atomic E-state index is -1.04. The Morgan fingerprint density at radius 3 is 2.48 bits per heavy atom. The second kappa shape index (κ2) is 7.63. The maximum Gasteiger partial charge on any atom is 0.339 e. The third-order valence-corrected chi connectivity index (χ3v) is 5.62. The normalized spacial score (nSPS) is 10.6. The van der Waals surface area contributed by atoms with Gasteiger partial charge in [0.1, 0.15) is 10.6 Å². The van der Waals surface area contributed by atoms with Gasteiger partial charge in [-0.05, 0) is 29.0 Å². The van der Waals surface area contributed by atoms with E-state index < -0.39 is 5.97 Å². The zero-order valence-corrected chi connectivity index (χ0v) is 15.2. The molecule has 3 rings (SSSR count). The Kier molecular flexibility index (Phi) is 5.31. The molecule has 2 heterocycles. The highest BCUT2D eigenvalue weighted by Crippen LogP contribution is 2.36. The summed E-state index contributed by atoms with van der Waals surface area (Å²) in [6, 6.07) is 11.6. The average molecular weight is 371 g/mol. The number of aryl methyl sites for hydroxylation is 1. The van der Waals surface area contributed by atoms with Crippen LogP contribution in [0.3, 0.4) is 0 Å². The van der Waals surface area contributed by atoms with E-state index >= 15 is 0 Å². The fourth-order valence-corrected chi connectivity index (χ4v) is 4.22. The predicted molar refractivity (Wildman–Crippen MR) is 103 cm³/mol. The molecule has 0 unspecified atom stereocenters. The van der Waals surface area contributed by atoms with Crippen LogP contribution in [-0.4, -0.2) is 17.0 Å². The van der Waals surface area contributed by atoms with E-state index in [1.807, 2.05) is 41.8 Å². The Hall–Kier alpha value is -2.44. The number of anilines is 1. The number of carboxylic acids is 1. The van der Waals surface area contributed by atoms with Crippen molar-refractivity contribution in [3.05, 3.63) is 63.2 Å². The van der Waals surface area contributed by atoms with Gasteiger partial charge in [0.2, 0.25) is 5.91 Å². The lowest BCUT2D eigenvalue weighted by molar-refractivity contribution is -0.115. The number of rotatable bonds is 6. The number of carbonyl (C=O) groups is 2. The third kappa shape index (κ3) is 3.97. The van der Waals surface area contributed by atoms with Crippen molar-refractivity contribution in [2.45, 2.75) is 19.8 Å². The van der Waals surface area contributed by atoms with Crippen molar-refractivity contribution >= 4 is 39.6 Å². The fraction of sp³-hybridized carbons (Fsp3) is 0.158. The van der Waals surface area contributed by atoms with Crippen LogP contribution < -0.4 is 5.32 Å².